The fraction of sp³-hybridized carbons (Fsp3) is 0.100. The minimum absolute atomic E-state index is 0.0946. The molecule has 0 atom stereocenters. The molecule has 0 aliphatic carbocycles. The van der Waals surface area contributed by atoms with Crippen LogP contribution < -0.4 is 10.4 Å². The lowest BCUT2D eigenvalue weighted by molar-refractivity contribution is 0.415. The SMILES string of the molecule is CCc1ccc(-c2ccc(-c3cc4ccc(-c5ccc(OC)cc5)c(F)c4c(=O)o3)c(F)c2F)cc1. The molecule has 0 fully saturated rings. The Morgan fingerprint density at radius 1 is 0.722 bits per heavy atom. The highest BCUT2D eigenvalue weighted by molar-refractivity contribution is 5.89. The highest BCUT2D eigenvalue weighted by Crippen LogP contribution is 2.34. The van der Waals surface area contributed by atoms with Crippen molar-refractivity contribution in [2.75, 3.05) is 7.11 Å². The number of aryl methyl sites for hydroxylation is 1. The van der Waals surface area contributed by atoms with Crippen molar-refractivity contribution in [2.45, 2.75) is 13.3 Å². The summed E-state index contributed by atoms with van der Waals surface area (Å²) in [6, 6.07) is 21.1. The monoisotopic (exact) mass is 486 g/mol. The molecule has 6 heteroatoms. The Labute approximate surface area is 205 Å². The van der Waals surface area contributed by atoms with E-state index in [0.717, 1.165) is 12.0 Å². The molecule has 0 bridgehead atoms. The van der Waals surface area contributed by atoms with E-state index >= 15 is 13.2 Å². The van der Waals surface area contributed by atoms with Gasteiger partial charge in [0.25, 0.3) is 0 Å². The van der Waals surface area contributed by atoms with E-state index in [0.29, 0.717) is 16.9 Å². The molecule has 36 heavy (non-hydrogen) atoms. The minimum Gasteiger partial charge on any atom is -0.497 e. The maximum absolute atomic E-state index is 15.3. The van der Waals surface area contributed by atoms with Crippen LogP contribution in [-0.2, 0) is 6.42 Å². The van der Waals surface area contributed by atoms with Crippen molar-refractivity contribution in [2.24, 2.45) is 0 Å². The van der Waals surface area contributed by atoms with Crippen molar-refractivity contribution in [3.05, 3.63) is 112 Å². The Morgan fingerprint density at radius 2 is 1.28 bits per heavy atom. The standard InChI is InChI=1S/C30H21F3O3/c1-3-17-4-6-18(7-5-17)23-14-15-24(29(33)28(23)32)25-16-20-10-13-22(27(31)26(20)30(34)36-25)19-8-11-21(35-2)12-9-19/h4-16H,3H2,1-2H3. The summed E-state index contributed by atoms with van der Waals surface area (Å²) in [5, 5.41) is -0.0457. The fourth-order valence-corrected chi connectivity index (χ4v) is 4.25. The molecule has 4 aromatic carbocycles. The first kappa shape index (κ1) is 23.4. The molecular formula is C30H21F3O3. The van der Waals surface area contributed by atoms with Crippen molar-refractivity contribution in [1.29, 1.82) is 0 Å². The van der Waals surface area contributed by atoms with Gasteiger partial charge in [-0.3, -0.25) is 0 Å². The topological polar surface area (TPSA) is 39.4 Å². The van der Waals surface area contributed by atoms with Gasteiger partial charge in [-0.15, -0.1) is 0 Å². The van der Waals surface area contributed by atoms with Gasteiger partial charge in [0, 0.05) is 11.1 Å². The van der Waals surface area contributed by atoms with E-state index in [1.165, 1.54) is 31.4 Å². The Hall–Kier alpha value is -4.32. The largest absolute Gasteiger partial charge is 0.497 e. The van der Waals surface area contributed by atoms with Crippen LogP contribution in [0.2, 0.25) is 0 Å². The van der Waals surface area contributed by atoms with Gasteiger partial charge in [-0.1, -0.05) is 61.5 Å². The van der Waals surface area contributed by atoms with E-state index < -0.39 is 23.1 Å². The van der Waals surface area contributed by atoms with E-state index in [2.05, 4.69) is 0 Å². The first-order valence-electron chi connectivity index (χ1n) is 11.4. The molecule has 0 spiro atoms. The highest BCUT2D eigenvalue weighted by atomic mass is 19.2. The zero-order chi connectivity index (χ0) is 25.4. The van der Waals surface area contributed by atoms with Crippen LogP contribution in [0.1, 0.15) is 12.5 Å². The average molecular weight is 486 g/mol. The van der Waals surface area contributed by atoms with E-state index in [1.54, 1.807) is 42.5 Å². The molecule has 0 N–H and O–H groups in total. The van der Waals surface area contributed by atoms with Gasteiger partial charge in [-0.05, 0) is 52.8 Å². The summed E-state index contributed by atoms with van der Waals surface area (Å²) >= 11 is 0. The Balaban J connectivity index is 1.57. The second-order valence-corrected chi connectivity index (χ2v) is 8.36. The maximum atomic E-state index is 15.3. The smallest absolute Gasteiger partial charge is 0.347 e. The predicted molar refractivity (Wildman–Crippen MR) is 135 cm³/mol. The van der Waals surface area contributed by atoms with E-state index in [-0.39, 0.29) is 33.2 Å². The molecule has 1 heterocycles. The summed E-state index contributed by atoms with van der Waals surface area (Å²) in [6.07, 6.45) is 0.833. The van der Waals surface area contributed by atoms with Crippen LogP contribution in [0.3, 0.4) is 0 Å². The minimum atomic E-state index is -1.15. The number of fused-ring (bicyclic) bond motifs is 1. The van der Waals surface area contributed by atoms with Crippen molar-refractivity contribution in [3.8, 4) is 39.3 Å². The number of benzene rings is 4. The van der Waals surface area contributed by atoms with E-state index in [1.807, 2.05) is 19.1 Å². The van der Waals surface area contributed by atoms with Crippen molar-refractivity contribution in [1.82, 2.24) is 0 Å². The summed E-state index contributed by atoms with van der Waals surface area (Å²) in [5.74, 6) is -2.53. The molecule has 0 saturated carbocycles. The van der Waals surface area contributed by atoms with Crippen LogP contribution in [-0.4, -0.2) is 7.11 Å². The Kier molecular flexibility index (Phi) is 6.10. The predicted octanol–water partition coefficient (Wildman–Crippen LogP) is 7.78. The summed E-state index contributed by atoms with van der Waals surface area (Å²) in [7, 11) is 1.53. The number of rotatable bonds is 5. The van der Waals surface area contributed by atoms with Gasteiger partial charge < -0.3 is 9.15 Å². The summed E-state index contributed by atoms with van der Waals surface area (Å²) in [5.41, 5.74) is 1.27. The van der Waals surface area contributed by atoms with Crippen LogP contribution in [0.15, 0.2) is 88.1 Å². The van der Waals surface area contributed by atoms with E-state index in [9.17, 15) is 4.79 Å². The van der Waals surface area contributed by atoms with Gasteiger partial charge in [0.15, 0.2) is 11.6 Å². The van der Waals surface area contributed by atoms with Crippen LogP contribution in [0.25, 0.3) is 44.3 Å². The zero-order valence-corrected chi connectivity index (χ0v) is 19.6. The molecule has 3 nitrogen and oxygen atoms in total. The fourth-order valence-electron chi connectivity index (χ4n) is 4.25. The summed E-state index contributed by atoms with van der Waals surface area (Å²) in [6.45, 7) is 2.01. The molecule has 1 aromatic heterocycles. The quantitative estimate of drug-likeness (QED) is 0.255. The third-order valence-electron chi connectivity index (χ3n) is 6.29. The molecule has 0 aliphatic rings. The average Bonchev–Trinajstić information content (AvgIpc) is 2.90. The van der Waals surface area contributed by atoms with Crippen LogP contribution in [0, 0.1) is 17.5 Å². The van der Waals surface area contributed by atoms with Crippen LogP contribution in [0.4, 0.5) is 13.2 Å². The molecule has 5 rings (SSSR count). The van der Waals surface area contributed by atoms with E-state index in [4.69, 9.17) is 9.15 Å². The highest BCUT2D eigenvalue weighted by Gasteiger charge is 2.20. The first-order valence-corrected chi connectivity index (χ1v) is 11.4. The number of hydrogen-bond acceptors (Lipinski definition) is 3. The molecule has 0 saturated heterocycles. The molecule has 5 aromatic rings. The molecule has 0 unspecified atom stereocenters. The first-order chi connectivity index (χ1) is 17.4. The van der Waals surface area contributed by atoms with Gasteiger partial charge in [-0.2, -0.15) is 0 Å². The molecule has 0 amide bonds. The number of halogens is 3. The van der Waals surface area contributed by atoms with Crippen molar-refractivity contribution < 1.29 is 22.3 Å². The second-order valence-electron chi connectivity index (χ2n) is 8.36. The number of hydrogen-bond donors (Lipinski definition) is 0. The molecule has 180 valence electrons. The van der Waals surface area contributed by atoms with Crippen LogP contribution >= 0.6 is 0 Å². The van der Waals surface area contributed by atoms with Crippen LogP contribution in [0.5, 0.6) is 5.75 Å². The lowest BCUT2D eigenvalue weighted by Crippen LogP contribution is -2.05. The third-order valence-corrected chi connectivity index (χ3v) is 6.29. The molecule has 0 radical (unpaired) electrons. The van der Waals surface area contributed by atoms with Gasteiger partial charge in [0.2, 0.25) is 0 Å². The maximum Gasteiger partial charge on any atom is 0.347 e. The lowest BCUT2D eigenvalue weighted by atomic mass is 9.98. The molecule has 0 aliphatic heterocycles. The van der Waals surface area contributed by atoms with Gasteiger partial charge in [-0.25, -0.2) is 18.0 Å². The molecular weight excluding hydrogens is 465 g/mol. The second kappa shape index (κ2) is 9.38. The summed E-state index contributed by atoms with van der Waals surface area (Å²) < 4.78 is 55.9. The Bertz CT molecular complexity index is 1640. The van der Waals surface area contributed by atoms with Gasteiger partial charge in [0.1, 0.15) is 22.7 Å². The normalized spacial score (nSPS) is 11.1. The van der Waals surface area contributed by atoms with Gasteiger partial charge in [0.05, 0.1) is 12.7 Å². The third kappa shape index (κ3) is 4.05. The van der Waals surface area contributed by atoms with Crippen molar-refractivity contribution >= 4 is 10.8 Å². The summed E-state index contributed by atoms with van der Waals surface area (Å²) in [4.78, 5) is 12.8. The Morgan fingerprint density at radius 3 is 1.92 bits per heavy atom. The number of methoxy groups -OCH3 is 1. The number of ether oxygens (including phenoxy) is 1. The van der Waals surface area contributed by atoms with Crippen molar-refractivity contribution in [3.63, 3.8) is 0 Å². The lowest BCUT2D eigenvalue weighted by Gasteiger charge is -2.11. The van der Waals surface area contributed by atoms with Gasteiger partial charge >= 0.3 is 5.63 Å². The zero-order valence-electron chi connectivity index (χ0n) is 19.6.